The minimum absolute atomic E-state index is 0.361. The zero-order chi connectivity index (χ0) is 13.7. The summed E-state index contributed by atoms with van der Waals surface area (Å²) in [5.74, 6) is 0. The fourth-order valence-corrected chi connectivity index (χ4v) is 2.59. The highest BCUT2D eigenvalue weighted by atomic mass is 79.9. The lowest BCUT2D eigenvalue weighted by Crippen LogP contribution is -2.09. The van der Waals surface area contributed by atoms with E-state index in [1.165, 1.54) is 11.1 Å². The lowest BCUT2D eigenvalue weighted by atomic mass is 10.0. The summed E-state index contributed by atoms with van der Waals surface area (Å²) in [4.78, 5) is 0. The van der Waals surface area contributed by atoms with Crippen LogP contribution in [-0.2, 0) is 6.42 Å². The average molecular weight is 318 g/mol. The van der Waals surface area contributed by atoms with Gasteiger partial charge in [-0.3, -0.25) is 0 Å². The normalized spacial score (nSPS) is 12.2. The number of benzene rings is 2. The summed E-state index contributed by atoms with van der Waals surface area (Å²) < 4.78 is 1.11. The maximum atomic E-state index is 3.59. The lowest BCUT2D eigenvalue weighted by molar-refractivity contribution is 0.749. The molecule has 0 saturated heterocycles. The summed E-state index contributed by atoms with van der Waals surface area (Å²) in [6.07, 6.45) is 2.16. The van der Waals surface area contributed by atoms with E-state index in [-0.39, 0.29) is 0 Å². The van der Waals surface area contributed by atoms with E-state index < -0.39 is 0 Å². The molecule has 0 aliphatic heterocycles. The van der Waals surface area contributed by atoms with Crippen LogP contribution in [0, 0.1) is 0 Å². The highest BCUT2D eigenvalue weighted by molar-refractivity contribution is 9.10. The van der Waals surface area contributed by atoms with E-state index in [0.717, 1.165) is 23.0 Å². The predicted molar refractivity (Wildman–Crippen MR) is 86.6 cm³/mol. The molecular formula is C17H20BrN. The molecule has 0 fully saturated rings. The molecule has 19 heavy (non-hydrogen) atoms. The first-order valence-corrected chi connectivity index (χ1v) is 7.63. The van der Waals surface area contributed by atoms with Crippen LogP contribution in [0.15, 0.2) is 53.0 Å². The molecule has 0 spiro atoms. The predicted octanol–water partition coefficient (Wildman–Crippen LogP) is 5.57. The summed E-state index contributed by atoms with van der Waals surface area (Å²) in [5, 5.41) is 3.59. The van der Waals surface area contributed by atoms with Crippen molar-refractivity contribution in [1.29, 1.82) is 0 Å². The van der Waals surface area contributed by atoms with Gasteiger partial charge < -0.3 is 5.32 Å². The molecule has 0 saturated carbocycles. The van der Waals surface area contributed by atoms with E-state index in [1.54, 1.807) is 0 Å². The number of hydrogen-bond acceptors (Lipinski definition) is 1. The zero-order valence-electron chi connectivity index (χ0n) is 11.5. The third-order valence-corrected chi connectivity index (χ3v) is 3.86. The van der Waals surface area contributed by atoms with E-state index in [9.17, 15) is 0 Å². The first kappa shape index (κ1) is 14.1. The Balaban J connectivity index is 2.15. The van der Waals surface area contributed by atoms with E-state index in [1.807, 2.05) is 6.07 Å². The fourth-order valence-electron chi connectivity index (χ4n) is 2.19. The minimum Gasteiger partial charge on any atom is -0.378 e. The van der Waals surface area contributed by atoms with Gasteiger partial charge in [0, 0.05) is 10.2 Å². The molecule has 0 bridgehead atoms. The number of aryl methyl sites for hydroxylation is 1. The Morgan fingerprint density at radius 2 is 1.79 bits per heavy atom. The smallest absolute Gasteiger partial charge is 0.0511 e. The first-order valence-electron chi connectivity index (χ1n) is 6.84. The summed E-state index contributed by atoms with van der Waals surface area (Å²) in [7, 11) is 0. The fraction of sp³-hybridized carbons (Fsp3) is 0.294. The maximum Gasteiger partial charge on any atom is 0.0511 e. The molecule has 0 amide bonds. The van der Waals surface area contributed by atoms with Crippen LogP contribution in [0.5, 0.6) is 0 Å². The molecule has 2 rings (SSSR count). The van der Waals surface area contributed by atoms with Crippen molar-refractivity contribution in [2.75, 3.05) is 5.32 Å². The van der Waals surface area contributed by atoms with Crippen molar-refractivity contribution >= 4 is 21.6 Å². The van der Waals surface area contributed by atoms with Gasteiger partial charge in [0.05, 0.1) is 6.04 Å². The van der Waals surface area contributed by atoms with Gasteiger partial charge in [0.15, 0.2) is 0 Å². The van der Waals surface area contributed by atoms with Crippen LogP contribution in [0.4, 0.5) is 5.69 Å². The van der Waals surface area contributed by atoms with Crippen molar-refractivity contribution in [3.05, 3.63) is 64.1 Å². The Bertz CT molecular complexity index is 519. The quantitative estimate of drug-likeness (QED) is 0.759. The van der Waals surface area contributed by atoms with Crippen molar-refractivity contribution in [3.8, 4) is 0 Å². The Labute approximate surface area is 124 Å². The molecule has 0 aliphatic rings. The lowest BCUT2D eigenvalue weighted by Gasteiger charge is -2.19. The van der Waals surface area contributed by atoms with Gasteiger partial charge in [-0.1, -0.05) is 60.1 Å². The number of anilines is 1. The van der Waals surface area contributed by atoms with Crippen LogP contribution in [0.2, 0.25) is 0 Å². The van der Waals surface area contributed by atoms with Gasteiger partial charge in [0.1, 0.15) is 0 Å². The summed E-state index contributed by atoms with van der Waals surface area (Å²) >= 11 is 3.51. The van der Waals surface area contributed by atoms with E-state index in [2.05, 4.69) is 77.6 Å². The minimum atomic E-state index is 0.361. The SMILES string of the molecule is CCc1ccc(C(CC)Nc2cccc(Br)c2)cc1. The maximum absolute atomic E-state index is 3.59. The molecule has 0 radical (unpaired) electrons. The van der Waals surface area contributed by atoms with Gasteiger partial charge in [0.2, 0.25) is 0 Å². The first-order chi connectivity index (χ1) is 9.22. The van der Waals surface area contributed by atoms with Crippen molar-refractivity contribution in [2.24, 2.45) is 0 Å². The third kappa shape index (κ3) is 3.84. The van der Waals surface area contributed by atoms with E-state index in [4.69, 9.17) is 0 Å². The van der Waals surface area contributed by atoms with Gasteiger partial charge in [-0.25, -0.2) is 0 Å². The van der Waals surface area contributed by atoms with Crippen LogP contribution in [0.25, 0.3) is 0 Å². The second-order valence-corrected chi connectivity index (χ2v) is 5.63. The second kappa shape index (κ2) is 6.76. The van der Waals surface area contributed by atoms with Crippen LogP contribution in [0.1, 0.15) is 37.4 Å². The van der Waals surface area contributed by atoms with Crippen LogP contribution < -0.4 is 5.32 Å². The standard InChI is InChI=1S/C17H20BrN/c1-3-13-8-10-14(11-9-13)17(4-2)19-16-7-5-6-15(18)12-16/h5-12,17,19H,3-4H2,1-2H3. The zero-order valence-corrected chi connectivity index (χ0v) is 13.1. The third-order valence-electron chi connectivity index (χ3n) is 3.36. The monoisotopic (exact) mass is 317 g/mol. The van der Waals surface area contributed by atoms with Crippen molar-refractivity contribution in [2.45, 2.75) is 32.7 Å². The van der Waals surface area contributed by atoms with Gasteiger partial charge in [-0.2, -0.15) is 0 Å². The number of halogens is 1. The molecule has 0 heterocycles. The molecular weight excluding hydrogens is 298 g/mol. The summed E-state index contributed by atoms with van der Waals surface area (Å²) in [5.41, 5.74) is 3.89. The van der Waals surface area contributed by atoms with Crippen LogP contribution >= 0.6 is 15.9 Å². The Morgan fingerprint density at radius 3 is 2.37 bits per heavy atom. The van der Waals surface area contributed by atoms with E-state index in [0.29, 0.717) is 6.04 Å². The second-order valence-electron chi connectivity index (χ2n) is 4.71. The highest BCUT2D eigenvalue weighted by Gasteiger charge is 2.09. The van der Waals surface area contributed by atoms with Crippen molar-refractivity contribution in [1.82, 2.24) is 0 Å². The largest absolute Gasteiger partial charge is 0.378 e. The van der Waals surface area contributed by atoms with Crippen molar-refractivity contribution < 1.29 is 0 Å². The summed E-state index contributed by atoms with van der Waals surface area (Å²) in [6, 6.07) is 17.6. The van der Waals surface area contributed by atoms with Gasteiger partial charge in [-0.05, 0) is 42.2 Å². The molecule has 1 nitrogen and oxygen atoms in total. The molecule has 2 aromatic rings. The molecule has 1 atom stereocenters. The molecule has 0 aromatic heterocycles. The van der Waals surface area contributed by atoms with Gasteiger partial charge >= 0.3 is 0 Å². The Hall–Kier alpha value is -1.28. The molecule has 1 N–H and O–H groups in total. The number of rotatable bonds is 5. The average Bonchev–Trinajstić information content (AvgIpc) is 2.45. The van der Waals surface area contributed by atoms with E-state index >= 15 is 0 Å². The number of nitrogens with one attached hydrogen (secondary N) is 1. The number of hydrogen-bond donors (Lipinski definition) is 1. The molecule has 2 heteroatoms. The van der Waals surface area contributed by atoms with Gasteiger partial charge in [-0.15, -0.1) is 0 Å². The molecule has 100 valence electrons. The molecule has 0 aliphatic carbocycles. The molecule has 2 aromatic carbocycles. The topological polar surface area (TPSA) is 12.0 Å². The Morgan fingerprint density at radius 1 is 1.05 bits per heavy atom. The molecule has 1 unspecified atom stereocenters. The van der Waals surface area contributed by atoms with Crippen molar-refractivity contribution in [3.63, 3.8) is 0 Å². The van der Waals surface area contributed by atoms with Crippen LogP contribution in [-0.4, -0.2) is 0 Å². The van der Waals surface area contributed by atoms with Crippen LogP contribution in [0.3, 0.4) is 0 Å². The summed E-state index contributed by atoms with van der Waals surface area (Å²) in [6.45, 7) is 4.40. The highest BCUT2D eigenvalue weighted by Crippen LogP contribution is 2.24. The Kier molecular flexibility index (Phi) is 5.03. The van der Waals surface area contributed by atoms with Gasteiger partial charge in [0.25, 0.3) is 0 Å².